The van der Waals surface area contributed by atoms with Crippen molar-refractivity contribution < 1.29 is 9.68 Å². The molecule has 0 aliphatic heterocycles. The van der Waals surface area contributed by atoms with E-state index in [9.17, 15) is 0 Å². The molecule has 0 fully saturated rings. The van der Waals surface area contributed by atoms with Crippen LogP contribution in [-0.2, 0) is 15.2 Å². The first kappa shape index (κ1) is 16.4. The van der Waals surface area contributed by atoms with Gasteiger partial charge in [-0.25, -0.2) is 0 Å². The average Bonchev–Trinajstić information content (AvgIpc) is 2.68. The predicted octanol–water partition coefficient (Wildman–Crippen LogP) is 4.24. The molecule has 3 rings (SSSR count). The molecule has 0 amide bonds. The van der Waals surface area contributed by atoms with Crippen LogP contribution in [0.25, 0.3) is 0 Å². The van der Waals surface area contributed by atoms with E-state index < -0.39 is 5.54 Å². The zero-order chi connectivity index (χ0) is 16.8. The van der Waals surface area contributed by atoms with Gasteiger partial charge in [0.25, 0.3) is 5.54 Å². The average molecular weight is 319 g/mol. The number of hydrogen-bond donors (Lipinski definition) is 0. The molecule has 3 heteroatoms. The Morgan fingerprint density at radius 3 is 1.08 bits per heavy atom. The summed E-state index contributed by atoms with van der Waals surface area (Å²) in [5.74, 6) is 0. The van der Waals surface area contributed by atoms with Crippen LogP contribution in [0.4, 0.5) is 0 Å². The summed E-state index contributed by atoms with van der Waals surface area (Å²) in [6.07, 6.45) is 0. The smallest absolute Gasteiger partial charge is 0.112 e. The minimum absolute atomic E-state index is 0.715. The summed E-state index contributed by atoms with van der Waals surface area (Å²) in [6.45, 7) is 0. The van der Waals surface area contributed by atoms with Gasteiger partial charge in [-0.05, 0) is 0 Å². The molecule has 0 aliphatic rings. The quantitative estimate of drug-likeness (QED) is 0.501. The largest absolute Gasteiger partial charge is 0.295 e. The molecule has 0 aromatic heterocycles. The van der Waals surface area contributed by atoms with Gasteiger partial charge in [-0.2, -0.15) is 0 Å². The van der Waals surface area contributed by atoms with Gasteiger partial charge in [-0.3, -0.25) is 0 Å². The molecule has 0 bridgehead atoms. The molecule has 3 aromatic carbocycles. The minimum Gasteiger partial charge on any atom is -0.112 e. The van der Waals surface area contributed by atoms with Gasteiger partial charge in [0.15, 0.2) is 5.23 Å². The lowest BCUT2D eigenvalue weighted by Gasteiger charge is -2.30. The first-order valence-electron chi connectivity index (χ1n) is 7.89. The fraction of sp³-hybridized carbons (Fsp3) is 0.143. The van der Waals surface area contributed by atoms with Crippen LogP contribution < -0.4 is 5.23 Å². The van der Waals surface area contributed by atoms with Gasteiger partial charge in [0.05, 0.1) is 0 Å². The molecule has 3 aromatic rings. The van der Waals surface area contributed by atoms with E-state index in [-0.39, 0.29) is 0 Å². The summed E-state index contributed by atoms with van der Waals surface area (Å²) in [5.41, 5.74) is 2.47. The molecule has 0 N–H and O–H groups in total. The molecule has 3 nitrogen and oxygen atoms in total. The lowest BCUT2D eigenvalue weighted by molar-refractivity contribution is -0.286. The van der Waals surface area contributed by atoms with Crippen LogP contribution in [-0.4, -0.2) is 14.2 Å². The molecule has 0 heterocycles. The highest BCUT2D eigenvalue weighted by molar-refractivity contribution is 5.49. The molecule has 0 saturated carbocycles. The molecule has 24 heavy (non-hydrogen) atoms. The van der Waals surface area contributed by atoms with Gasteiger partial charge in [-0.15, -0.1) is 9.68 Å². The van der Waals surface area contributed by atoms with Crippen molar-refractivity contribution in [2.75, 3.05) is 14.2 Å². The highest BCUT2D eigenvalue weighted by atomic mass is 16.9. The van der Waals surface area contributed by atoms with Gasteiger partial charge in [0.1, 0.15) is 14.2 Å². The van der Waals surface area contributed by atoms with Crippen LogP contribution in [0.15, 0.2) is 91.0 Å². The molecule has 121 valence electrons. The van der Waals surface area contributed by atoms with Crippen molar-refractivity contribution in [3.63, 3.8) is 0 Å². The van der Waals surface area contributed by atoms with Gasteiger partial charge in [0.2, 0.25) is 0 Å². The van der Waals surface area contributed by atoms with Crippen molar-refractivity contribution in [2.45, 2.75) is 5.54 Å². The summed E-state index contributed by atoms with van der Waals surface area (Å²) in [4.78, 5) is 11.3. The molecule has 0 atom stereocenters. The predicted molar refractivity (Wildman–Crippen MR) is 95.4 cm³/mol. The van der Waals surface area contributed by atoms with Crippen molar-refractivity contribution in [2.24, 2.45) is 0 Å². The van der Waals surface area contributed by atoms with Crippen LogP contribution in [0, 0.1) is 0 Å². The second-order valence-corrected chi connectivity index (χ2v) is 5.43. The molecular formula is C21H21NO2+. The highest BCUT2D eigenvalue weighted by Crippen LogP contribution is 2.40. The number of hydrogen-bond acceptors (Lipinski definition) is 3. The van der Waals surface area contributed by atoms with Gasteiger partial charge in [0, 0.05) is 16.7 Å². The van der Waals surface area contributed by atoms with Crippen LogP contribution >= 0.6 is 0 Å². The first-order valence-corrected chi connectivity index (χ1v) is 7.89. The lowest BCUT2D eigenvalue weighted by Crippen LogP contribution is -2.51. The molecule has 0 spiro atoms. The third-order valence-electron chi connectivity index (χ3n) is 4.18. The van der Waals surface area contributed by atoms with E-state index in [1.54, 1.807) is 19.4 Å². The zero-order valence-electron chi connectivity index (χ0n) is 13.9. The third-order valence-corrected chi connectivity index (χ3v) is 4.18. The maximum absolute atomic E-state index is 5.64. The van der Waals surface area contributed by atoms with Crippen molar-refractivity contribution in [3.05, 3.63) is 108 Å². The maximum atomic E-state index is 5.64. The van der Waals surface area contributed by atoms with Gasteiger partial charge < -0.3 is 0 Å². The zero-order valence-corrected chi connectivity index (χ0v) is 13.9. The minimum atomic E-state index is -0.715. The topological polar surface area (TPSA) is 24.4 Å². The Morgan fingerprint density at radius 1 is 0.542 bits per heavy atom. The summed E-state index contributed by atoms with van der Waals surface area (Å²) in [6, 6.07) is 30.7. The maximum Gasteiger partial charge on any atom is 0.295 e. The normalized spacial score (nSPS) is 11.6. The fourth-order valence-corrected chi connectivity index (χ4v) is 3.20. The SMILES string of the molecule is CO[N+](OC)C(c1ccccc1)(c1ccccc1)c1ccccc1. The Labute approximate surface area is 143 Å². The molecule has 1 radical (unpaired) electrons. The number of benzene rings is 3. The van der Waals surface area contributed by atoms with Crippen molar-refractivity contribution in [3.8, 4) is 0 Å². The Balaban J connectivity index is 2.37. The standard InChI is InChI=1S/C21H21NO2/c1-23-22(24-2)21(18-12-6-3-7-13-18,19-14-8-4-9-15-19)20-16-10-5-11-17-20/h3-17H,1-2H3/q+1. The second-order valence-electron chi connectivity index (χ2n) is 5.43. The molecule has 0 aliphatic carbocycles. The number of rotatable bonds is 6. The second kappa shape index (κ2) is 7.41. The number of nitrogens with zero attached hydrogens (tertiary/aromatic N) is 1. The van der Waals surface area contributed by atoms with Crippen molar-refractivity contribution >= 4 is 0 Å². The van der Waals surface area contributed by atoms with Crippen LogP contribution in [0.3, 0.4) is 0 Å². The number of hydroxylamine groups is 2. The van der Waals surface area contributed by atoms with E-state index in [2.05, 4.69) is 36.4 Å². The van der Waals surface area contributed by atoms with Gasteiger partial charge >= 0.3 is 0 Å². The van der Waals surface area contributed by atoms with Crippen molar-refractivity contribution in [1.82, 2.24) is 5.23 Å². The van der Waals surface area contributed by atoms with E-state index in [0.717, 1.165) is 16.7 Å². The van der Waals surface area contributed by atoms with E-state index in [0.29, 0.717) is 0 Å². The summed E-state index contributed by atoms with van der Waals surface area (Å²) in [5, 5.41) is 1.55. The van der Waals surface area contributed by atoms with E-state index in [1.165, 1.54) is 0 Å². The summed E-state index contributed by atoms with van der Waals surface area (Å²) in [7, 11) is 3.24. The Bertz CT molecular complexity index is 644. The van der Waals surface area contributed by atoms with Crippen LogP contribution in [0.1, 0.15) is 16.7 Å². The third kappa shape index (κ3) is 2.74. The Kier molecular flexibility index (Phi) is 5.06. The summed E-state index contributed by atoms with van der Waals surface area (Å²) < 4.78 is 0. The van der Waals surface area contributed by atoms with E-state index in [1.807, 2.05) is 54.6 Å². The lowest BCUT2D eigenvalue weighted by atomic mass is 9.77. The van der Waals surface area contributed by atoms with E-state index in [4.69, 9.17) is 9.68 Å². The first-order chi connectivity index (χ1) is 11.8. The van der Waals surface area contributed by atoms with E-state index >= 15 is 0 Å². The van der Waals surface area contributed by atoms with Crippen LogP contribution in [0.2, 0.25) is 0 Å². The Morgan fingerprint density at radius 2 is 0.833 bits per heavy atom. The Hall–Kier alpha value is -2.46. The van der Waals surface area contributed by atoms with Gasteiger partial charge in [-0.1, -0.05) is 91.0 Å². The van der Waals surface area contributed by atoms with Crippen LogP contribution in [0.5, 0.6) is 0 Å². The van der Waals surface area contributed by atoms with Crippen molar-refractivity contribution in [1.29, 1.82) is 0 Å². The molecular weight excluding hydrogens is 298 g/mol. The highest BCUT2D eigenvalue weighted by Gasteiger charge is 2.55. The fourth-order valence-electron chi connectivity index (χ4n) is 3.20. The molecule has 0 saturated heterocycles. The summed E-state index contributed by atoms with van der Waals surface area (Å²) >= 11 is 0. The monoisotopic (exact) mass is 319 g/mol. The molecule has 0 unspecified atom stereocenters.